The standard InChI is InChI=1S/C16H21N3O3S/c1-3-4-10-23-11-9-17-16(20)15-12(2)18(21)13-7-5-6-8-14(13)19(15)22/h5-8H,3-4,9-11H2,1-2H3,(H,17,20). The van der Waals surface area contributed by atoms with E-state index in [-0.39, 0.29) is 22.4 Å². The molecule has 0 saturated carbocycles. The number of fused-ring (bicyclic) bond motifs is 1. The molecule has 7 heteroatoms. The van der Waals surface area contributed by atoms with Crippen molar-refractivity contribution >= 4 is 28.7 Å². The van der Waals surface area contributed by atoms with Gasteiger partial charge in [0.15, 0.2) is 0 Å². The van der Waals surface area contributed by atoms with E-state index in [1.807, 2.05) is 0 Å². The van der Waals surface area contributed by atoms with Crippen molar-refractivity contribution in [2.45, 2.75) is 26.7 Å². The molecule has 0 aliphatic carbocycles. The van der Waals surface area contributed by atoms with Crippen LogP contribution in [0.2, 0.25) is 0 Å². The van der Waals surface area contributed by atoms with Crippen molar-refractivity contribution in [2.24, 2.45) is 0 Å². The summed E-state index contributed by atoms with van der Waals surface area (Å²) in [5.74, 6) is 1.34. The monoisotopic (exact) mass is 335 g/mol. The van der Waals surface area contributed by atoms with Crippen LogP contribution < -0.4 is 9.74 Å². The normalized spacial score (nSPS) is 10.9. The van der Waals surface area contributed by atoms with Crippen LogP contribution in [0.15, 0.2) is 24.3 Å². The van der Waals surface area contributed by atoms with E-state index in [1.165, 1.54) is 13.0 Å². The first-order chi connectivity index (χ1) is 11.1. The van der Waals surface area contributed by atoms with Crippen LogP contribution in [0.25, 0.3) is 11.0 Å². The number of para-hydroxylation sites is 2. The van der Waals surface area contributed by atoms with Crippen LogP contribution in [0.4, 0.5) is 0 Å². The van der Waals surface area contributed by atoms with Gasteiger partial charge in [0.1, 0.15) is 5.52 Å². The Labute approximate surface area is 139 Å². The number of carbonyl (C=O) groups is 1. The highest BCUT2D eigenvalue weighted by atomic mass is 32.2. The molecular weight excluding hydrogens is 314 g/mol. The summed E-state index contributed by atoms with van der Waals surface area (Å²) in [5.41, 5.74) is 0.411. The maximum Gasteiger partial charge on any atom is 0.346 e. The third kappa shape index (κ3) is 3.85. The van der Waals surface area contributed by atoms with Crippen LogP contribution in [0.5, 0.6) is 0 Å². The Morgan fingerprint density at radius 1 is 1.35 bits per heavy atom. The van der Waals surface area contributed by atoms with Crippen LogP contribution >= 0.6 is 11.8 Å². The van der Waals surface area contributed by atoms with Crippen LogP contribution in [-0.2, 0) is 0 Å². The van der Waals surface area contributed by atoms with E-state index in [9.17, 15) is 14.9 Å². The number of hydrogen-bond acceptors (Lipinski definition) is 4. The number of aromatic nitrogens is 2. The quantitative estimate of drug-likeness (QED) is 0.623. The third-order valence-electron chi connectivity index (χ3n) is 3.56. The second kappa shape index (κ2) is 8.01. The van der Waals surface area contributed by atoms with Crippen molar-refractivity contribution in [1.82, 2.24) is 10.0 Å². The van der Waals surface area contributed by atoms with Crippen LogP contribution in [0.1, 0.15) is 35.9 Å². The average molecular weight is 335 g/mol. The first-order valence-corrected chi connectivity index (χ1v) is 8.83. The molecule has 0 aliphatic heterocycles. The van der Waals surface area contributed by atoms with E-state index < -0.39 is 5.91 Å². The van der Waals surface area contributed by atoms with Crippen LogP contribution in [-0.4, -0.2) is 28.7 Å². The lowest BCUT2D eigenvalue weighted by Crippen LogP contribution is -2.37. The summed E-state index contributed by atoms with van der Waals surface area (Å²) < 4.78 is 1.17. The smallest absolute Gasteiger partial charge is 0.346 e. The summed E-state index contributed by atoms with van der Waals surface area (Å²) in [4.78, 5) is 24.7. The summed E-state index contributed by atoms with van der Waals surface area (Å²) in [6.45, 7) is 4.09. The zero-order chi connectivity index (χ0) is 16.8. The van der Waals surface area contributed by atoms with E-state index >= 15 is 0 Å². The van der Waals surface area contributed by atoms with Gasteiger partial charge < -0.3 is 15.3 Å². The molecule has 0 aliphatic rings. The minimum absolute atomic E-state index is 0.106. The molecule has 0 bridgehead atoms. The number of benzene rings is 1. The van der Waals surface area contributed by atoms with Gasteiger partial charge >= 0.3 is 11.6 Å². The summed E-state index contributed by atoms with van der Waals surface area (Å²) in [6, 6.07) is 6.45. The predicted octanol–water partition coefficient (Wildman–Crippen LogP) is 2.47. The summed E-state index contributed by atoms with van der Waals surface area (Å²) >= 11 is 1.76. The first-order valence-electron chi connectivity index (χ1n) is 7.68. The minimum Gasteiger partial charge on any atom is -0.805 e. The number of nitrogens with zero attached hydrogens (tertiary/aromatic N) is 2. The average Bonchev–Trinajstić information content (AvgIpc) is 2.56. The third-order valence-corrected chi connectivity index (χ3v) is 4.63. The van der Waals surface area contributed by atoms with E-state index in [1.54, 1.807) is 30.0 Å². The number of thioether (sulfide) groups is 1. The number of nitrogens with one attached hydrogen (secondary N) is 1. The molecule has 1 amide bonds. The Kier molecular flexibility index (Phi) is 6.04. The topological polar surface area (TPSA) is 80.1 Å². The molecule has 0 fully saturated rings. The van der Waals surface area contributed by atoms with Crippen molar-refractivity contribution in [1.29, 1.82) is 0 Å². The number of carbonyl (C=O) groups excluding carboxylic acids is 1. The molecule has 6 nitrogen and oxygen atoms in total. The first kappa shape index (κ1) is 17.3. The molecule has 1 N–H and O–H groups in total. The highest BCUT2D eigenvalue weighted by Gasteiger charge is 2.26. The van der Waals surface area contributed by atoms with Crippen molar-refractivity contribution in [3.05, 3.63) is 45.8 Å². The summed E-state index contributed by atoms with van der Waals surface area (Å²) in [5, 5.41) is 15.0. The van der Waals surface area contributed by atoms with E-state index in [0.717, 1.165) is 24.3 Å². The van der Waals surface area contributed by atoms with E-state index in [4.69, 9.17) is 0 Å². The fraction of sp³-hybridized carbons (Fsp3) is 0.438. The molecular formula is C16H21N3O3S. The van der Waals surface area contributed by atoms with E-state index in [2.05, 4.69) is 12.2 Å². The molecule has 1 aromatic carbocycles. The molecule has 2 aromatic rings. The molecule has 124 valence electrons. The Morgan fingerprint density at radius 3 is 2.83 bits per heavy atom. The molecule has 1 aromatic heterocycles. The van der Waals surface area contributed by atoms with Gasteiger partial charge in [0.2, 0.25) is 0 Å². The zero-order valence-corrected chi connectivity index (χ0v) is 14.2. The second-order valence-corrected chi connectivity index (χ2v) is 6.46. The minimum atomic E-state index is -0.510. The van der Waals surface area contributed by atoms with Crippen LogP contribution in [0.3, 0.4) is 0 Å². The Morgan fingerprint density at radius 2 is 2.09 bits per heavy atom. The summed E-state index contributed by atoms with van der Waals surface area (Å²) in [7, 11) is 0. The Hall–Kier alpha value is -2.02. The Bertz CT molecular complexity index is 758. The van der Waals surface area contributed by atoms with Gasteiger partial charge in [-0.2, -0.15) is 11.8 Å². The van der Waals surface area contributed by atoms with Gasteiger partial charge in [0, 0.05) is 23.3 Å². The van der Waals surface area contributed by atoms with Gasteiger partial charge in [0.25, 0.3) is 5.52 Å². The number of amides is 1. The lowest BCUT2D eigenvalue weighted by Gasteiger charge is -2.16. The predicted molar refractivity (Wildman–Crippen MR) is 93.4 cm³/mol. The lowest BCUT2D eigenvalue weighted by molar-refractivity contribution is -0.468. The van der Waals surface area contributed by atoms with Crippen molar-refractivity contribution in [2.75, 3.05) is 18.1 Å². The van der Waals surface area contributed by atoms with Gasteiger partial charge in [-0.15, -0.1) is 0 Å². The Balaban J connectivity index is 2.16. The van der Waals surface area contributed by atoms with Gasteiger partial charge in [-0.25, -0.2) is 0 Å². The number of rotatable bonds is 7. The number of unbranched alkanes of at least 4 members (excludes halogenated alkanes) is 1. The molecule has 0 atom stereocenters. The highest BCUT2D eigenvalue weighted by molar-refractivity contribution is 7.99. The molecule has 0 radical (unpaired) electrons. The van der Waals surface area contributed by atoms with Crippen molar-refractivity contribution in [3.63, 3.8) is 0 Å². The maximum absolute atomic E-state index is 12.4. The SMILES string of the molecule is CCCCSCCNC(=O)c1c(C)n([O-])c2ccccc2[n+]1=O. The van der Waals surface area contributed by atoms with Gasteiger partial charge in [0.05, 0.1) is 10.1 Å². The highest BCUT2D eigenvalue weighted by Crippen LogP contribution is 2.13. The second-order valence-electron chi connectivity index (χ2n) is 5.23. The summed E-state index contributed by atoms with van der Waals surface area (Å²) in [6.07, 6.45) is 2.30. The number of hydrogen-bond donors (Lipinski definition) is 1. The molecule has 23 heavy (non-hydrogen) atoms. The maximum atomic E-state index is 12.4. The van der Waals surface area contributed by atoms with Crippen molar-refractivity contribution < 1.29 is 9.22 Å². The lowest BCUT2D eigenvalue weighted by atomic mass is 10.2. The van der Waals surface area contributed by atoms with Gasteiger partial charge in [-0.1, -0.05) is 25.5 Å². The largest absolute Gasteiger partial charge is 0.805 e. The van der Waals surface area contributed by atoms with Gasteiger partial charge in [-0.05, 0) is 25.2 Å². The van der Waals surface area contributed by atoms with Crippen LogP contribution in [0, 0.1) is 17.0 Å². The fourth-order valence-electron chi connectivity index (χ4n) is 2.28. The molecule has 2 rings (SSSR count). The molecule has 1 heterocycles. The van der Waals surface area contributed by atoms with Crippen molar-refractivity contribution in [3.8, 4) is 0 Å². The zero-order valence-electron chi connectivity index (χ0n) is 13.4. The van der Waals surface area contributed by atoms with Gasteiger partial charge in [-0.3, -0.25) is 4.79 Å². The molecule has 0 saturated heterocycles. The molecule has 0 spiro atoms. The molecule has 0 unspecified atom stereocenters. The van der Waals surface area contributed by atoms with E-state index in [0.29, 0.717) is 15.7 Å². The fourth-order valence-corrected chi connectivity index (χ4v) is 3.22.